The molecule has 3 aromatic rings. The van der Waals surface area contributed by atoms with E-state index in [0.29, 0.717) is 33.7 Å². The second kappa shape index (κ2) is 8.82. The number of hydrogen-bond donors (Lipinski definition) is 2. The zero-order valence-electron chi connectivity index (χ0n) is 17.7. The van der Waals surface area contributed by atoms with Crippen molar-refractivity contribution < 1.29 is 19.1 Å². The van der Waals surface area contributed by atoms with Crippen LogP contribution in [0.25, 0.3) is 10.9 Å². The molecule has 1 heterocycles. The largest absolute Gasteiger partial charge is 0.493 e. The summed E-state index contributed by atoms with van der Waals surface area (Å²) in [7, 11) is 3.14. The fourth-order valence-electron chi connectivity index (χ4n) is 3.28. The predicted molar refractivity (Wildman–Crippen MR) is 116 cm³/mol. The van der Waals surface area contributed by atoms with E-state index in [0.717, 1.165) is 11.3 Å². The zero-order valence-corrected chi connectivity index (χ0v) is 17.7. The number of carbonyl (C=O) groups excluding carboxylic acids is 2. The minimum absolute atomic E-state index is 0.216. The number of pyridine rings is 1. The van der Waals surface area contributed by atoms with Crippen LogP contribution < -0.4 is 20.1 Å². The van der Waals surface area contributed by atoms with Crippen molar-refractivity contribution in [1.82, 2.24) is 10.3 Å². The molecule has 0 fully saturated rings. The van der Waals surface area contributed by atoms with Crippen LogP contribution in [0.5, 0.6) is 11.5 Å². The Morgan fingerprint density at radius 3 is 2.40 bits per heavy atom. The first kappa shape index (κ1) is 21.1. The van der Waals surface area contributed by atoms with Crippen molar-refractivity contribution in [3.63, 3.8) is 0 Å². The summed E-state index contributed by atoms with van der Waals surface area (Å²) < 4.78 is 10.6. The first-order chi connectivity index (χ1) is 14.3. The summed E-state index contributed by atoms with van der Waals surface area (Å²) in [5, 5.41) is 6.46. The van der Waals surface area contributed by atoms with E-state index in [1.807, 2.05) is 38.1 Å². The fourth-order valence-corrected chi connectivity index (χ4v) is 3.28. The molecule has 2 aromatic carbocycles. The average molecular weight is 407 g/mol. The van der Waals surface area contributed by atoms with Gasteiger partial charge >= 0.3 is 0 Å². The molecular formula is C23H25N3O4. The van der Waals surface area contributed by atoms with Crippen molar-refractivity contribution in [2.45, 2.75) is 26.8 Å². The van der Waals surface area contributed by atoms with Gasteiger partial charge in [0.1, 0.15) is 0 Å². The smallest absolute Gasteiger partial charge is 0.252 e. The summed E-state index contributed by atoms with van der Waals surface area (Å²) in [4.78, 5) is 29.2. The normalized spacial score (nSPS) is 11.6. The summed E-state index contributed by atoms with van der Waals surface area (Å²) in [5.41, 5.74) is 3.31. The van der Waals surface area contributed by atoms with Crippen molar-refractivity contribution in [3.8, 4) is 11.5 Å². The molecular weight excluding hydrogens is 382 g/mol. The highest BCUT2D eigenvalue weighted by Crippen LogP contribution is 2.30. The molecule has 0 saturated carbocycles. The maximum Gasteiger partial charge on any atom is 0.252 e. The SMILES string of the molecule is COc1ccc([C@@H](C)NC(=O)c2cc(NC(C)=O)cc3nc(C)ccc23)cc1OC. The molecule has 3 rings (SSSR count). The third-order valence-corrected chi connectivity index (χ3v) is 4.77. The second-order valence-corrected chi connectivity index (χ2v) is 7.03. The van der Waals surface area contributed by atoms with Gasteiger partial charge in [0.15, 0.2) is 11.5 Å². The van der Waals surface area contributed by atoms with Crippen molar-refractivity contribution in [2.75, 3.05) is 19.5 Å². The molecule has 0 aliphatic rings. The fraction of sp³-hybridized carbons (Fsp3) is 0.261. The molecule has 0 radical (unpaired) electrons. The number of benzene rings is 2. The van der Waals surface area contributed by atoms with Gasteiger partial charge in [0.05, 0.1) is 31.3 Å². The highest BCUT2D eigenvalue weighted by Gasteiger charge is 2.17. The van der Waals surface area contributed by atoms with Crippen LogP contribution in [-0.2, 0) is 4.79 Å². The maximum absolute atomic E-state index is 13.1. The molecule has 7 heteroatoms. The van der Waals surface area contributed by atoms with Crippen molar-refractivity contribution in [3.05, 3.63) is 59.3 Å². The summed E-state index contributed by atoms with van der Waals surface area (Å²) in [6.45, 7) is 5.19. The number of methoxy groups -OCH3 is 2. The van der Waals surface area contributed by atoms with Gasteiger partial charge in [-0.15, -0.1) is 0 Å². The number of nitrogens with zero attached hydrogens (tertiary/aromatic N) is 1. The summed E-state index contributed by atoms with van der Waals surface area (Å²) in [6.07, 6.45) is 0. The molecule has 0 bridgehead atoms. The lowest BCUT2D eigenvalue weighted by Crippen LogP contribution is -2.27. The van der Waals surface area contributed by atoms with Crippen LogP contribution in [0, 0.1) is 6.92 Å². The Hall–Kier alpha value is -3.61. The van der Waals surface area contributed by atoms with Crippen LogP contribution in [0.2, 0.25) is 0 Å². The van der Waals surface area contributed by atoms with Gasteiger partial charge in [0, 0.05) is 23.7 Å². The number of fused-ring (bicyclic) bond motifs is 1. The number of carbonyl (C=O) groups is 2. The highest BCUT2D eigenvalue weighted by molar-refractivity contribution is 6.08. The van der Waals surface area contributed by atoms with Crippen LogP contribution in [-0.4, -0.2) is 31.0 Å². The van der Waals surface area contributed by atoms with E-state index < -0.39 is 0 Å². The van der Waals surface area contributed by atoms with E-state index in [-0.39, 0.29) is 17.9 Å². The molecule has 0 unspecified atom stereocenters. The Bertz CT molecular complexity index is 1110. The van der Waals surface area contributed by atoms with Crippen molar-refractivity contribution in [2.24, 2.45) is 0 Å². The van der Waals surface area contributed by atoms with E-state index >= 15 is 0 Å². The molecule has 2 N–H and O–H groups in total. The first-order valence-electron chi connectivity index (χ1n) is 9.54. The zero-order chi connectivity index (χ0) is 21.8. The number of hydrogen-bond acceptors (Lipinski definition) is 5. The lowest BCUT2D eigenvalue weighted by molar-refractivity contribution is -0.114. The standard InChI is InChI=1S/C23H25N3O4/c1-13-6-8-18-19(11-17(26-15(3)27)12-20(18)24-13)23(28)25-14(2)16-7-9-21(29-4)22(10-16)30-5/h6-12,14H,1-5H3,(H,25,28)(H,26,27)/t14-/m1/s1. The Morgan fingerprint density at radius 2 is 1.73 bits per heavy atom. The summed E-state index contributed by atoms with van der Waals surface area (Å²) in [5.74, 6) is 0.733. The quantitative estimate of drug-likeness (QED) is 0.644. The molecule has 0 aliphatic carbocycles. The van der Waals surface area contributed by atoms with Crippen LogP contribution in [0.1, 0.15) is 41.5 Å². The van der Waals surface area contributed by atoms with E-state index in [1.54, 1.807) is 32.4 Å². The monoisotopic (exact) mass is 407 g/mol. The summed E-state index contributed by atoms with van der Waals surface area (Å²) >= 11 is 0. The highest BCUT2D eigenvalue weighted by atomic mass is 16.5. The first-order valence-corrected chi connectivity index (χ1v) is 9.54. The number of aromatic nitrogens is 1. The molecule has 0 spiro atoms. The average Bonchev–Trinajstić information content (AvgIpc) is 2.71. The van der Waals surface area contributed by atoms with E-state index in [9.17, 15) is 9.59 Å². The van der Waals surface area contributed by atoms with Gasteiger partial charge in [-0.05, 0) is 49.7 Å². The van der Waals surface area contributed by atoms with E-state index in [4.69, 9.17) is 9.47 Å². The number of aryl methyl sites for hydroxylation is 1. The number of rotatable bonds is 6. The maximum atomic E-state index is 13.1. The van der Waals surface area contributed by atoms with Gasteiger partial charge in [-0.25, -0.2) is 0 Å². The number of anilines is 1. The van der Waals surface area contributed by atoms with Gasteiger partial charge in [-0.1, -0.05) is 12.1 Å². The molecule has 0 aliphatic heterocycles. The molecule has 1 aromatic heterocycles. The Morgan fingerprint density at radius 1 is 1.00 bits per heavy atom. The number of ether oxygens (including phenoxy) is 2. The van der Waals surface area contributed by atoms with Gasteiger partial charge in [0.25, 0.3) is 5.91 Å². The topological polar surface area (TPSA) is 89.6 Å². The van der Waals surface area contributed by atoms with Crippen molar-refractivity contribution in [1.29, 1.82) is 0 Å². The second-order valence-electron chi connectivity index (χ2n) is 7.03. The van der Waals surface area contributed by atoms with Gasteiger partial charge in [-0.2, -0.15) is 0 Å². The van der Waals surface area contributed by atoms with Crippen LogP contribution in [0.15, 0.2) is 42.5 Å². The lowest BCUT2D eigenvalue weighted by atomic mass is 10.0. The Kier molecular flexibility index (Phi) is 6.20. The van der Waals surface area contributed by atoms with Crippen LogP contribution in [0.3, 0.4) is 0 Å². The van der Waals surface area contributed by atoms with Crippen molar-refractivity contribution >= 4 is 28.4 Å². The van der Waals surface area contributed by atoms with Gasteiger partial charge in [0.2, 0.25) is 5.91 Å². The van der Waals surface area contributed by atoms with Crippen LogP contribution in [0.4, 0.5) is 5.69 Å². The minimum atomic E-state index is -0.282. The third kappa shape index (κ3) is 4.51. The molecule has 7 nitrogen and oxygen atoms in total. The number of nitrogens with one attached hydrogen (secondary N) is 2. The van der Waals surface area contributed by atoms with Crippen LogP contribution >= 0.6 is 0 Å². The molecule has 30 heavy (non-hydrogen) atoms. The van der Waals surface area contributed by atoms with E-state index in [1.165, 1.54) is 6.92 Å². The third-order valence-electron chi connectivity index (χ3n) is 4.77. The summed E-state index contributed by atoms with van der Waals surface area (Å²) in [6, 6.07) is 12.4. The van der Waals surface area contributed by atoms with Gasteiger partial charge < -0.3 is 20.1 Å². The molecule has 2 amide bonds. The molecule has 0 saturated heterocycles. The molecule has 156 valence electrons. The van der Waals surface area contributed by atoms with Gasteiger partial charge in [-0.3, -0.25) is 14.6 Å². The van der Waals surface area contributed by atoms with E-state index in [2.05, 4.69) is 15.6 Å². The lowest BCUT2D eigenvalue weighted by Gasteiger charge is -2.18. The Balaban J connectivity index is 1.95. The molecule has 1 atom stereocenters. The minimum Gasteiger partial charge on any atom is -0.493 e. The Labute approximate surface area is 175 Å². The number of amides is 2. The predicted octanol–water partition coefficient (Wildman–Crippen LogP) is 4.01.